The lowest BCUT2D eigenvalue weighted by Gasteiger charge is -2.07. The molecule has 0 unspecified atom stereocenters. The first kappa shape index (κ1) is 9.73. The van der Waals surface area contributed by atoms with Gasteiger partial charge in [-0.25, -0.2) is 4.39 Å². The van der Waals surface area contributed by atoms with E-state index in [2.05, 4.69) is 10.3 Å². The van der Waals surface area contributed by atoms with Gasteiger partial charge in [0, 0.05) is 24.2 Å². The van der Waals surface area contributed by atoms with E-state index >= 15 is 0 Å². The van der Waals surface area contributed by atoms with Crippen LogP contribution in [0.1, 0.15) is 18.4 Å². The SMILES string of the molecule is Fc1ccc(CNC2CC2)c2ncccc12. The number of nitrogens with one attached hydrogen (secondary N) is 1. The number of hydrogen-bond donors (Lipinski definition) is 1. The summed E-state index contributed by atoms with van der Waals surface area (Å²) in [6, 6.07) is 7.54. The minimum atomic E-state index is -0.196. The van der Waals surface area contributed by atoms with Gasteiger partial charge >= 0.3 is 0 Å². The van der Waals surface area contributed by atoms with Gasteiger partial charge in [0.15, 0.2) is 0 Å². The topological polar surface area (TPSA) is 24.9 Å². The maximum absolute atomic E-state index is 13.5. The van der Waals surface area contributed by atoms with Gasteiger partial charge in [0.05, 0.1) is 5.52 Å². The molecular formula is C13H13FN2. The fourth-order valence-corrected chi connectivity index (χ4v) is 1.88. The molecule has 82 valence electrons. The summed E-state index contributed by atoms with van der Waals surface area (Å²) >= 11 is 0. The van der Waals surface area contributed by atoms with Crippen molar-refractivity contribution in [2.75, 3.05) is 0 Å². The van der Waals surface area contributed by atoms with Crippen LogP contribution in [-0.4, -0.2) is 11.0 Å². The van der Waals surface area contributed by atoms with Crippen LogP contribution in [0.15, 0.2) is 30.5 Å². The van der Waals surface area contributed by atoms with Crippen LogP contribution >= 0.6 is 0 Å². The molecule has 1 aliphatic rings. The predicted octanol–water partition coefficient (Wildman–Crippen LogP) is 2.63. The zero-order chi connectivity index (χ0) is 11.0. The second-order valence-corrected chi connectivity index (χ2v) is 4.26. The lowest BCUT2D eigenvalue weighted by Crippen LogP contribution is -2.15. The van der Waals surface area contributed by atoms with Crippen LogP contribution in [0.4, 0.5) is 4.39 Å². The first-order chi connectivity index (χ1) is 7.84. The summed E-state index contributed by atoms with van der Waals surface area (Å²) in [5.74, 6) is -0.196. The van der Waals surface area contributed by atoms with Crippen molar-refractivity contribution in [1.29, 1.82) is 0 Å². The molecule has 0 saturated heterocycles. The van der Waals surface area contributed by atoms with E-state index in [1.165, 1.54) is 18.9 Å². The zero-order valence-electron chi connectivity index (χ0n) is 8.91. The maximum atomic E-state index is 13.5. The van der Waals surface area contributed by atoms with Crippen LogP contribution in [0, 0.1) is 5.82 Å². The Morgan fingerprint density at radius 3 is 3.00 bits per heavy atom. The highest BCUT2D eigenvalue weighted by atomic mass is 19.1. The van der Waals surface area contributed by atoms with Crippen LogP contribution < -0.4 is 5.32 Å². The number of rotatable bonds is 3. The van der Waals surface area contributed by atoms with E-state index in [0.717, 1.165) is 17.6 Å². The van der Waals surface area contributed by atoms with E-state index in [1.807, 2.05) is 6.07 Å². The van der Waals surface area contributed by atoms with Crippen LogP contribution in [0.5, 0.6) is 0 Å². The Morgan fingerprint density at radius 1 is 1.31 bits per heavy atom. The van der Waals surface area contributed by atoms with Gasteiger partial charge < -0.3 is 5.32 Å². The third kappa shape index (κ3) is 1.78. The van der Waals surface area contributed by atoms with E-state index in [1.54, 1.807) is 18.3 Å². The number of nitrogens with zero attached hydrogens (tertiary/aromatic N) is 1. The predicted molar refractivity (Wildman–Crippen MR) is 61.6 cm³/mol. The number of halogens is 1. The first-order valence-electron chi connectivity index (χ1n) is 5.60. The largest absolute Gasteiger partial charge is 0.310 e. The number of hydrogen-bond acceptors (Lipinski definition) is 2. The molecule has 0 spiro atoms. The van der Waals surface area contributed by atoms with Crippen molar-refractivity contribution >= 4 is 10.9 Å². The molecule has 0 radical (unpaired) electrons. The summed E-state index contributed by atoms with van der Waals surface area (Å²) < 4.78 is 13.5. The number of pyridine rings is 1. The second kappa shape index (κ2) is 3.83. The summed E-state index contributed by atoms with van der Waals surface area (Å²) in [6.07, 6.45) is 4.22. The highest BCUT2D eigenvalue weighted by Crippen LogP contribution is 2.22. The highest BCUT2D eigenvalue weighted by molar-refractivity contribution is 5.82. The van der Waals surface area contributed by atoms with E-state index in [-0.39, 0.29) is 5.82 Å². The van der Waals surface area contributed by atoms with Crippen LogP contribution in [-0.2, 0) is 6.54 Å². The molecule has 0 aliphatic heterocycles. The quantitative estimate of drug-likeness (QED) is 0.853. The van der Waals surface area contributed by atoms with Gasteiger partial charge in [-0.1, -0.05) is 6.07 Å². The zero-order valence-corrected chi connectivity index (χ0v) is 8.91. The first-order valence-corrected chi connectivity index (χ1v) is 5.60. The standard InChI is InChI=1S/C13H13FN2/c14-12-6-3-9(8-16-10-4-5-10)13-11(12)2-1-7-15-13/h1-3,6-7,10,16H,4-5,8H2. The van der Waals surface area contributed by atoms with Crippen molar-refractivity contribution in [2.45, 2.75) is 25.4 Å². The van der Waals surface area contributed by atoms with Gasteiger partial charge in [-0.2, -0.15) is 0 Å². The fourth-order valence-electron chi connectivity index (χ4n) is 1.88. The molecule has 1 heterocycles. The van der Waals surface area contributed by atoms with E-state index < -0.39 is 0 Å². The molecule has 3 heteroatoms. The molecule has 1 fully saturated rings. The third-order valence-corrected chi connectivity index (χ3v) is 2.96. The molecule has 2 aromatic rings. The molecule has 1 N–H and O–H groups in total. The summed E-state index contributed by atoms with van der Waals surface area (Å²) in [4.78, 5) is 4.26. The molecule has 0 amide bonds. The van der Waals surface area contributed by atoms with Crippen molar-refractivity contribution in [3.8, 4) is 0 Å². The monoisotopic (exact) mass is 216 g/mol. The summed E-state index contributed by atoms with van der Waals surface area (Å²) in [7, 11) is 0. The highest BCUT2D eigenvalue weighted by Gasteiger charge is 2.20. The van der Waals surface area contributed by atoms with Gasteiger partial charge in [-0.3, -0.25) is 4.98 Å². The van der Waals surface area contributed by atoms with Crippen molar-refractivity contribution < 1.29 is 4.39 Å². The Balaban J connectivity index is 1.99. The molecule has 1 aromatic heterocycles. The second-order valence-electron chi connectivity index (χ2n) is 4.26. The number of benzene rings is 1. The van der Waals surface area contributed by atoms with Crippen molar-refractivity contribution in [3.63, 3.8) is 0 Å². The van der Waals surface area contributed by atoms with Gasteiger partial charge in [0.1, 0.15) is 5.82 Å². The fraction of sp³-hybridized carbons (Fsp3) is 0.308. The molecule has 1 saturated carbocycles. The smallest absolute Gasteiger partial charge is 0.132 e. The van der Waals surface area contributed by atoms with E-state index in [4.69, 9.17) is 0 Å². The molecule has 3 rings (SSSR count). The summed E-state index contributed by atoms with van der Waals surface area (Å²) in [5.41, 5.74) is 1.85. The normalized spacial score (nSPS) is 15.6. The van der Waals surface area contributed by atoms with Crippen molar-refractivity contribution in [2.24, 2.45) is 0 Å². The molecule has 1 aliphatic carbocycles. The number of aromatic nitrogens is 1. The average molecular weight is 216 g/mol. The minimum Gasteiger partial charge on any atom is -0.310 e. The van der Waals surface area contributed by atoms with Gasteiger partial charge in [-0.05, 0) is 36.6 Å². The molecular weight excluding hydrogens is 203 g/mol. The third-order valence-electron chi connectivity index (χ3n) is 2.96. The van der Waals surface area contributed by atoms with Crippen LogP contribution in [0.3, 0.4) is 0 Å². The Labute approximate surface area is 93.5 Å². The van der Waals surface area contributed by atoms with Gasteiger partial charge in [-0.15, -0.1) is 0 Å². The van der Waals surface area contributed by atoms with Crippen molar-refractivity contribution in [1.82, 2.24) is 10.3 Å². The Morgan fingerprint density at radius 2 is 2.19 bits per heavy atom. The van der Waals surface area contributed by atoms with Crippen molar-refractivity contribution in [3.05, 3.63) is 41.8 Å². The maximum Gasteiger partial charge on any atom is 0.132 e. The number of fused-ring (bicyclic) bond motifs is 1. The molecule has 16 heavy (non-hydrogen) atoms. The van der Waals surface area contributed by atoms with Gasteiger partial charge in [0.2, 0.25) is 0 Å². The molecule has 2 nitrogen and oxygen atoms in total. The molecule has 1 aromatic carbocycles. The average Bonchev–Trinajstić information content (AvgIpc) is 3.13. The van der Waals surface area contributed by atoms with E-state index in [9.17, 15) is 4.39 Å². The molecule has 0 atom stereocenters. The Kier molecular flexibility index (Phi) is 2.33. The van der Waals surface area contributed by atoms with E-state index in [0.29, 0.717) is 11.4 Å². The Bertz CT molecular complexity index is 520. The lowest BCUT2D eigenvalue weighted by molar-refractivity contribution is 0.637. The summed E-state index contributed by atoms with van der Waals surface area (Å²) in [6.45, 7) is 0.776. The molecule has 0 bridgehead atoms. The van der Waals surface area contributed by atoms with Gasteiger partial charge in [0.25, 0.3) is 0 Å². The van der Waals surface area contributed by atoms with Crippen LogP contribution in [0.2, 0.25) is 0 Å². The lowest BCUT2D eigenvalue weighted by atomic mass is 10.1. The summed E-state index contributed by atoms with van der Waals surface area (Å²) in [5, 5.41) is 4.03. The Hall–Kier alpha value is -1.48. The minimum absolute atomic E-state index is 0.196. The van der Waals surface area contributed by atoms with Crippen LogP contribution in [0.25, 0.3) is 10.9 Å².